The lowest BCUT2D eigenvalue weighted by Gasteiger charge is -2.20. The van der Waals surface area contributed by atoms with E-state index in [0.717, 1.165) is 22.3 Å². The highest BCUT2D eigenvalue weighted by Gasteiger charge is 2.15. The van der Waals surface area contributed by atoms with Crippen molar-refractivity contribution >= 4 is 16.9 Å². The number of nitrogens with one attached hydrogen (secondary N) is 2. The molecule has 0 bridgehead atoms. The topological polar surface area (TPSA) is 75.7 Å². The maximum atomic E-state index is 5.97. The number of ether oxygens (including phenoxy) is 1. The summed E-state index contributed by atoms with van der Waals surface area (Å²) in [6.07, 6.45) is 3.25. The number of fused-ring (bicyclic) bond motifs is 1. The zero-order valence-electron chi connectivity index (χ0n) is 14.2. The van der Waals surface area contributed by atoms with Crippen molar-refractivity contribution in [2.24, 2.45) is 0 Å². The summed E-state index contributed by atoms with van der Waals surface area (Å²) in [7, 11) is 0. The standard InChI is InChI=1S/C20H19N5O/c1-3-7-15(8-4-1)12-26-13-18(16-9-5-2-6-10-16)24-19-17-11-23-25-20(17)22-14-21-19/h1-11,14,18H,12-13H2,(H2,21,22,23,24,25). The minimum atomic E-state index is -0.0343. The van der Waals surface area contributed by atoms with Crippen molar-refractivity contribution in [3.8, 4) is 0 Å². The van der Waals surface area contributed by atoms with Crippen molar-refractivity contribution in [3.05, 3.63) is 84.3 Å². The number of nitrogens with zero attached hydrogens (tertiary/aromatic N) is 3. The molecule has 0 aliphatic rings. The van der Waals surface area contributed by atoms with Gasteiger partial charge in [0.05, 0.1) is 30.8 Å². The number of aromatic amines is 1. The number of hydrogen-bond donors (Lipinski definition) is 2. The lowest BCUT2D eigenvalue weighted by molar-refractivity contribution is 0.112. The van der Waals surface area contributed by atoms with Gasteiger partial charge in [0.15, 0.2) is 5.65 Å². The predicted molar refractivity (Wildman–Crippen MR) is 101 cm³/mol. The predicted octanol–water partition coefficient (Wildman–Crippen LogP) is 3.72. The first-order valence-corrected chi connectivity index (χ1v) is 8.47. The van der Waals surface area contributed by atoms with Gasteiger partial charge in [0.1, 0.15) is 12.1 Å². The summed E-state index contributed by atoms with van der Waals surface area (Å²) >= 11 is 0. The van der Waals surface area contributed by atoms with Crippen LogP contribution in [0.1, 0.15) is 17.2 Å². The molecule has 4 rings (SSSR count). The summed E-state index contributed by atoms with van der Waals surface area (Å²) in [6.45, 7) is 1.08. The van der Waals surface area contributed by atoms with Crippen LogP contribution in [0, 0.1) is 0 Å². The molecule has 2 heterocycles. The summed E-state index contributed by atoms with van der Waals surface area (Å²) in [5.41, 5.74) is 2.99. The molecule has 2 aromatic heterocycles. The van der Waals surface area contributed by atoms with E-state index in [1.165, 1.54) is 6.33 Å². The second-order valence-corrected chi connectivity index (χ2v) is 5.96. The number of H-pyrrole nitrogens is 1. The Labute approximate surface area is 151 Å². The third-order valence-electron chi connectivity index (χ3n) is 4.16. The zero-order chi connectivity index (χ0) is 17.6. The fourth-order valence-electron chi connectivity index (χ4n) is 2.82. The molecule has 1 unspecified atom stereocenters. The van der Waals surface area contributed by atoms with Gasteiger partial charge in [-0.05, 0) is 11.1 Å². The highest BCUT2D eigenvalue weighted by molar-refractivity contribution is 5.85. The molecule has 130 valence electrons. The van der Waals surface area contributed by atoms with Crippen LogP contribution in [0.4, 0.5) is 5.82 Å². The minimum absolute atomic E-state index is 0.0343. The Balaban J connectivity index is 1.52. The summed E-state index contributed by atoms with van der Waals surface area (Å²) in [4.78, 5) is 8.56. The van der Waals surface area contributed by atoms with Crippen LogP contribution in [-0.2, 0) is 11.3 Å². The van der Waals surface area contributed by atoms with Crippen LogP contribution in [0.3, 0.4) is 0 Å². The van der Waals surface area contributed by atoms with Gasteiger partial charge in [-0.1, -0.05) is 60.7 Å². The van der Waals surface area contributed by atoms with E-state index in [-0.39, 0.29) is 6.04 Å². The summed E-state index contributed by atoms with van der Waals surface area (Å²) in [6, 6.07) is 20.3. The van der Waals surface area contributed by atoms with E-state index in [1.54, 1.807) is 6.20 Å². The van der Waals surface area contributed by atoms with Crippen LogP contribution in [-0.4, -0.2) is 26.8 Å². The Morgan fingerprint density at radius 3 is 2.54 bits per heavy atom. The molecule has 0 amide bonds. The first kappa shape index (κ1) is 16.2. The van der Waals surface area contributed by atoms with Crippen LogP contribution in [0.2, 0.25) is 0 Å². The van der Waals surface area contributed by atoms with E-state index in [1.807, 2.05) is 36.4 Å². The van der Waals surface area contributed by atoms with Crippen molar-refractivity contribution in [3.63, 3.8) is 0 Å². The largest absolute Gasteiger partial charge is 0.374 e. The van der Waals surface area contributed by atoms with Gasteiger partial charge in [-0.25, -0.2) is 9.97 Å². The van der Waals surface area contributed by atoms with Gasteiger partial charge in [0, 0.05) is 0 Å². The van der Waals surface area contributed by atoms with E-state index < -0.39 is 0 Å². The molecule has 6 nitrogen and oxygen atoms in total. The van der Waals surface area contributed by atoms with Gasteiger partial charge in [0.25, 0.3) is 0 Å². The molecule has 2 aromatic carbocycles. The van der Waals surface area contributed by atoms with Crippen LogP contribution in [0.15, 0.2) is 73.2 Å². The third kappa shape index (κ3) is 3.70. The molecule has 26 heavy (non-hydrogen) atoms. The molecule has 0 aliphatic heterocycles. The van der Waals surface area contributed by atoms with Gasteiger partial charge in [-0.2, -0.15) is 5.10 Å². The fourth-order valence-corrected chi connectivity index (χ4v) is 2.82. The molecule has 0 saturated heterocycles. The Bertz CT molecular complexity index is 956. The Morgan fingerprint density at radius 2 is 1.73 bits per heavy atom. The molecule has 1 atom stereocenters. The smallest absolute Gasteiger partial charge is 0.160 e. The summed E-state index contributed by atoms with van der Waals surface area (Å²) in [5, 5.41) is 11.2. The number of aromatic nitrogens is 4. The number of hydrogen-bond acceptors (Lipinski definition) is 5. The Hall–Kier alpha value is -3.25. The Kier molecular flexibility index (Phi) is 4.84. The number of anilines is 1. The van der Waals surface area contributed by atoms with E-state index in [9.17, 15) is 0 Å². The second kappa shape index (κ2) is 7.76. The van der Waals surface area contributed by atoms with Gasteiger partial charge < -0.3 is 10.1 Å². The number of benzene rings is 2. The van der Waals surface area contributed by atoms with Gasteiger partial charge in [0.2, 0.25) is 0 Å². The van der Waals surface area contributed by atoms with E-state index >= 15 is 0 Å². The lowest BCUT2D eigenvalue weighted by atomic mass is 10.1. The second-order valence-electron chi connectivity index (χ2n) is 5.96. The molecule has 0 fully saturated rings. The maximum absolute atomic E-state index is 5.97. The molecular formula is C20H19N5O. The first-order valence-electron chi connectivity index (χ1n) is 8.47. The van der Waals surface area contributed by atoms with Crippen LogP contribution in [0.25, 0.3) is 11.0 Å². The first-order chi connectivity index (χ1) is 12.9. The number of rotatable bonds is 7. The summed E-state index contributed by atoms with van der Waals surface area (Å²) < 4.78 is 5.97. The van der Waals surface area contributed by atoms with Crippen LogP contribution < -0.4 is 5.32 Å². The van der Waals surface area contributed by atoms with Crippen molar-refractivity contribution in [2.75, 3.05) is 11.9 Å². The molecule has 0 radical (unpaired) electrons. The van der Waals surface area contributed by atoms with Gasteiger partial charge in [-0.3, -0.25) is 5.10 Å². The summed E-state index contributed by atoms with van der Waals surface area (Å²) in [5.74, 6) is 0.737. The van der Waals surface area contributed by atoms with Gasteiger partial charge in [-0.15, -0.1) is 0 Å². The molecule has 0 saturated carbocycles. The quantitative estimate of drug-likeness (QED) is 0.534. The average molecular weight is 345 g/mol. The minimum Gasteiger partial charge on any atom is -0.374 e. The van der Waals surface area contributed by atoms with E-state index in [2.05, 4.69) is 49.7 Å². The highest BCUT2D eigenvalue weighted by Crippen LogP contribution is 2.23. The zero-order valence-corrected chi connectivity index (χ0v) is 14.2. The van der Waals surface area contributed by atoms with E-state index in [4.69, 9.17) is 4.74 Å². The third-order valence-corrected chi connectivity index (χ3v) is 4.16. The Morgan fingerprint density at radius 1 is 0.962 bits per heavy atom. The van der Waals surface area contributed by atoms with Gasteiger partial charge >= 0.3 is 0 Å². The molecule has 2 N–H and O–H groups in total. The van der Waals surface area contributed by atoms with Crippen molar-refractivity contribution < 1.29 is 4.74 Å². The molecule has 4 aromatic rings. The monoisotopic (exact) mass is 345 g/mol. The molecule has 6 heteroatoms. The maximum Gasteiger partial charge on any atom is 0.160 e. The van der Waals surface area contributed by atoms with Crippen LogP contribution in [0.5, 0.6) is 0 Å². The average Bonchev–Trinajstić information content (AvgIpc) is 3.18. The van der Waals surface area contributed by atoms with Crippen molar-refractivity contribution in [1.82, 2.24) is 20.2 Å². The molecular weight excluding hydrogens is 326 g/mol. The normalized spacial score (nSPS) is 12.2. The molecule has 0 spiro atoms. The fraction of sp³-hybridized carbons (Fsp3) is 0.150. The van der Waals surface area contributed by atoms with Crippen LogP contribution >= 0.6 is 0 Å². The van der Waals surface area contributed by atoms with Crippen molar-refractivity contribution in [2.45, 2.75) is 12.6 Å². The van der Waals surface area contributed by atoms with E-state index in [0.29, 0.717) is 18.9 Å². The lowest BCUT2D eigenvalue weighted by Crippen LogP contribution is -2.18. The van der Waals surface area contributed by atoms with Crippen molar-refractivity contribution in [1.29, 1.82) is 0 Å². The SMILES string of the molecule is c1ccc(COCC(Nc2ncnc3[nH]ncc23)c2ccccc2)cc1. The highest BCUT2D eigenvalue weighted by atomic mass is 16.5. The molecule has 0 aliphatic carbocycles.